The highest BCUT2D eigenvalue weighted by Crippen LogP contribution is 2.16. The van der Waals surface area contributed by atoms with Gasteiger partial charge in [-0.15, -0.1) is 11.3 Å². The SMILES string of the molecule is C=C/C(F)=C\c1scnc1C. The van der Waals surface area contributed by atoms with Crippen molar-refractivity contribution in [2.75, 3.05) is 0 Å². The molecular formula is C8H8FNS. The summed E-state index contributed by atoms with van der Waals surface area (Å²) in [6.07, 6.45) is 2.61. The molecule has 0 aliphatic carbocycles. The molecule has 0 radical (unpaired) electrons. The molecule has 1 heterocycles. The number of allylic oxidation sites excluding steroid dienone is 2. The van der Waals surface area contributed by atoms with E-state index in [2.05, 4.69) is 11.6 Å². The van der Waals surface area contributed by atoms with Crippen LogP contribution >= 0.6 is 11.3 Å². The molecule has 58 valence electrons. The Bertz CT molecular complexity index is 288. The van der Waals surface area contributed by atoms with Gasteiger partial charge >= 0.3 is 0 Å². The predicted molar refractivity (Wildman–Crippen MR) is 46.1 cm³/mol. The highest BCUT2D eigenvalue weighted by atomic mass is 32.1. The molecule has 0 fully saturated rings. The molecule has 0 amide bonds. The number of nitrogens with zero attached hydrogens (tertiary/aromatic N) is 1. The van der Waals surface area contributed by atoms with Crippen LogP contribution in [0.15, 0.2) is 24.0 Å². The van der Waals surface area contributed by atoms with Gasteiger partial charge in [0.25, 0.3) is 0 Å². The molecule has 0 N–H and O–H groups in total. The lowest BCUT2D eigenvalue weighted by Gasteiger charge is -1.86. The molecule has 1 aromatic rings. The van der Waals surface area contributed by atoms with Crippen molar-refractivity contribution in [1.82, 2.24) is 4.98 Å². The molecule has 0 unspecified atom stereocenters. The van der Waals surface area contributed by atoms with Gasteiger partial charge in [0.05, 0.1) is 16.1 Å². The van der Waals surface area contributed by atoms with E-state index in [1.807, 2.05) is 6.92 Å². The second-order valence-corrected chi connectivity index (χ2v) is 2.92. The largest absolute Gasteiger partial charge is 0.249 e. The summed E-state index contributed by atoms with van der Waals surface area (Å²) in [6.45, 7) is 5.16. The van der Waals surface area contributed by atoms with E-state index in [4.69, 9.17) is 0 Å². The van der Waals surface area contributed by atoms with Crippen LogP contribution in [0.4, 0.5) is 4.39 Å². The lowest BCUT2D eigenvalue weighted by molar-refractivity contribution is 0.675. The van der Waals surface area contributed by atoms with E-state index in [1.165, 1.54) is 23.5 Å². The number of thiazole rings is 1. The average Bonchev–Trinajstić information content (AvgIpc) is 2.37. The summed E-state index contributed by atoms with van der Waals surface area (Å²) in [5.41, 5.74) is 2.55. The maximum absolute atomic E-state index is 12.6. The maximum Gasteiger partial charge on any atom is 0.124 e. The second-order valence-electron chi connectivity index (χ2n) is 2.04. The molecule has 11 heavy (non-hydrogen) atoms. The van der Waals surface area contributed by atoms with Crippen LogP contribution < -0.4 is 0 Å². The summed E-state index contributed by atoms with van der Waals surface area (Å²) < 4.78 is 12.6. The van der Waals surface area contributed by atoms with Gasteiger partial charge in [-0.2, -0.15) is 0 Å². The van der Waals surface area contributed by atoms with Crippen molar-refractivity contribution in [1.29, 1.82) is 0 Å². The Morgan fingerprint density at radius 3 is 3.00 bits per heavy atom. The van der Waals surface area contributed by atoms with Gasteiger partial charge in [0, 0.05) is 0 Å². The van der Waals surface area contributed by atoms with E-state index in [9.17, 15) is 4.39 Å². The summed E-state index contributed by atoms with van der Waals surface area (Å²) in [6, 6.07) is 0. The fourth-order valence-corrected chi connectivity index (χ4v) is 1.36. The summed E-state index contributed by atoms with van der Waals surface area (Å²) in [7, 11) is 0. The van der Waals surface area contributed by atoms with Crippen LogP contribution in [0.25, 0.3) is 6.08 Å². The first-order chi connectivity index (χ1) is 5.24. The molecule has 1 aromatic heterocycles. The highest BCUT2D eigenvalue weighted by Gasteiger charge is 1.97. The number of aromatic nitrogens is 1. The first kappa shape index (κ1) is 8.14. The van der Waals surface area contributed by atoms with Crippen molar-refractivity contribution in [2.24, 2.45) is 0 Å². The Balaban J connectivity index is 2.94. The Labute approximate surface area is 68.9 Å². The van der Waals surface area contributed by atoms with E-state index < -0.39 is 0 Å². The van der Waals surface area contributed by atoms with Crippen LogP contribution in [0.1, 0.15) is 10.6 Å². The van der Waals surface area contributed by atoms with Gasteiger partial charge in [-0.25, -0.2) is 9.37 Å². The molecule has 0 spiro atoms. The van der Waals surface area contributed by atoms with Crippen molar-refractivity contribution in [3.8, 4) is 0 Å². The van der Waals surface area contributed by atoms with Crippen molar-refractivity contribution >= 4 is 17.4 Å². The van der Waals surface area contributed by atoms with Gasteiger partial charge in [0.15, 0.2) is 0 Å². The second kappa shape index (κ2) is 3.44. The molecule has 0 atom stereocenters. The van der Waals surface area contributed by atoms with Crippen LogP contribution in [0, 0.1) is 6.92 Å². The van der Waals surface area contributed by atoms with Crippen molar-refractivity contribution in [3.63, 3.8) is 0 Å². The zero-order chi connectivity index (χ0) is 8.27. The quantitative estimate of drug-likeness (QED) is 0.620. The standard InChI is InChI=1S/C8H8FNS/c1-3-7(9)4-8-6(2)10-5-11-8/h3-5H,1H2,2H3/b7-4+. The molecule has 0 aromatic carbocycles. The Hall–Kier alpha value is -0.960. The number of rotatable bonds is 2. The molecule has 0 aliphatic rings. The van der Waals surface area contributed by atoms with Gasteiger partial charge in [-0.1, -0.05) is 6.58 Å². The first-order valence-corrected chi connectivity index (χ1v) is 4.01. The zero-order valence-electron chi connectivity index (χ0n) is 6.17. The normalized spacial score (nSPS) is 11.6. The summed E-state index contributed by atoms with van der Waals surface area (Å²) in [5.74, 6) is -0.322. The molecule has 3 heteroatoms. The lowest BCUT2D eigenvalue weighted by Crippen LogP contribution is -1.72. The Kier molecular flexibility index (Phi) is 2.54. The summed E-state index contributed by atoms with van der Waals surface area (Å²) in [5, 5.41) is 0. The van der Waals surface area contributed by atoms with E-state index in [-0.39, 0.29) is 5.83 Å². The van der Waals surface area contributed by atoms with Crippen LogP contribution in [-0.2, 0) is 0 Å². The molecule has 0 bridgehead atoms. The predicted octanol–water partition coefficient (Wildman–Crippen LogP) is 2.95. The van der Waals surface area contributed by atoms with Crippen LogP contribution in [0.2, 0.25) is 0 Å². The number of hydrogen-bond acceptors (Lipinski definition) is 2. The third kappa shape index (κ3) is 1.98. The maximum atomic E-state index is 12.6. The Morgan fingerprint density at radius 2 is 2.55 bits per heavy atom. The fourth-order valence-electron chi connectivity index (χ4n) is 0.634. The highest BCUT2D eigenvalue weighted by molar-refractivity contribution is 7.10. The fraction of sp³-hybridized carbons (Fsp3) is 0.125. The van der Waals surface area contributed by atoms with E-state index >= 15 is 0 Å². The van der Waals surface area contributed by atoms with Crippen LogP contribution in [-0.4, -0.2) is 4.98 Å². The molecular weight excluding hydrogens is 161 g/mol. The van der Waals surface area contributed by atoms with Gasteiger partial charge < -0.3 is 0 Å². The monoisotopic (exact) mass is 169 g/mol. The topological polar surface area (TPSA) is 12.9 Å². The van der Waals surface area contributed by atoms with Crippen LogP contribution in [0.3, 0.4) is 0 Å². The van der Waals surface area contributed by atoms with Crippen molar-refractivity contribution in [3.05, 3.63) is 34.6 Å². The molecule has 1 rings (SSSR count). The molecule has 0 saturated carbocycles. The van der Waals surface area contributed by atoms with Crippen molar-refractivity contribution in [2.45, 2.75) is 6.92 Å². The summed E-state index contributed by atoms with van der Waals surface area (Å²) in [4.78, 5) is 4.83. The molecule has 0 aliphatic heterocycles. The minimum Gasteiger partial charge on any atom is -0.249 e. The Morgan fingerprint density at radius 1 is 1.82 bits per heavy atom. The van der Waals surface area contributed by atoms with E-state index in [0.29, 0.717) is 0 Å². The third-order valence-electron chi connectivity index (χ3n) is 1.25. The van der Waals surface area contributed by atoms with E-state index in [0.717, 1.165) is 10.6 Å². The minimum atomic E-state index is -0.322. The number of hydrogen-bond donors (Lipinski definition) is 0. The number of halogens is 1. The molecule has 0 saturated heterocycles. The van der Waals surface area contributed by atoms with Gasteiger partial charge in [0.1, 0.15) is 5.83 Å². The summed E-state index contributed by atoms with van der Waals surface area (Å²) >= 11 is 1.42. The lowest BCUT2D eigenvalue weighted by atomic mass is 10.3. The first-order valence-electron chi connectivity index (χ1n) is 3.13. The van der Waals surface area contributed by atoms with Gasteiger partial charge in [-0.05, 0) is 19.1 Å². The molecule has 1 nitrogen and oxygen atoms in total. The average molecular weight is 169 g/mol. The smallest absolute Gasteiger partial charge is 0.124 e. The zero-order valence-corrected chi connectivity index (χ0v) is 6.99. The van der Waals surface area contributed by atoms with Gasteiger partial charge in [-0.3, -0.25) is 0 Å². The third-order valence-corrected chi connectivity index (χ3v) is 2.12. The van der Waals surface area contributed by atoms with Crippen LogP contribution in [0.5, 0.6) is 0 Å². The number of aryl methyl sites for hydroxylation is 1. The minimum absolute atomic E-state index is 0.322. The van der Waals surface area contributed by atoms with E-state index in [1.54, 1.807) is 5.51 Å². The van der Waals surface area contributed by atoms with Gasteiger partial charge in [0.2, 0.25) is 0 Å². The van der Waals surface area contributed by atoms with Crippen molar-refractivity contribution < 1.29 is 4.39 Å².